The van der Waals surface area contributed by atoms with Crippen molar-refractivity contribution in [1.82, 2.24) is 0 Å². The first-order valence-electron chi connectivity index (χ1n) is 3.46. The molecular weight excluding hydrogens is 116 g/mol. The molecule has 0 aliphatic rings. The number of hydrogen-bond donors (Lipinski definition) is 1. The Balaban J connectivity index is 3.62. The van der Waals surface area contributed by atoms with Gasteiger partial charge < -0.3 is 9.84 Å². The zero-order valence-electron chi connectivity index (χ0n) is 6.48. The Labute approximate surface area is 56.8 Å². The summed E-state index contributed by atoms with van der Waals surface area (Å²) in [5.41, 5.74) is 0. The molecule has 0 aliphatic carbocycles. The van der Waals surface area contributed by atoms with E-state index in [1.165, 1.54) is 0 Å². The van der Waals surface area contributed by atoms with E-state index >= 15 is 0 Å². The van der Waals surface area contributed by atoms with Gasteiger partial charge in [0.2, 0.25) is 0 Å². The Morgan fingerprint density at radius 1 is 1.44 bits per heavy atom. The van der Waals surface area contributed by atoms with Crippen LogP contribution >= 0.6 is 0 Å². The first kappa shape index (κ1) is 8.92. The fourth-order valence-electron chi connectivity index (χ4n) is 0.814. The highest BCUT2D eigenvalue weighted by Gasteiger charge is 2.21. The van der Waals surface area contributed by atoms with Gasteiger partial charge in [0.15, 0.2) is 5.79 Å². The summed E-state index contributed by atoms with van der Waals surface area (Å²) in [6.45, 7) is 3.94. The zero-order chi connectivity index (χ0) is 7.33. The third-order valence-electron chi connectivity index (χ3n) is 1.57. The van der Waals surface area contributed by atoms with Crippen molar-refractivity contribution < 1.29 is 9.84 Å². The molecule has 1 N–H and O–H groups in total. The van der Waals surface area contributed by atoms with Crippen LogP contribution < -0.4 is 0 Å². The smallest absolute Gasteiger partial charge is 0.164 e. The summed E-state index contributed by atoms with van der Waals surface area (Å²) >= 11 is 0. The van der Waals surface area contributed by atoms with Crippen molar-refractivity contribution in [3.63, 3.8) is 0 Å². The fourth-order valence-corrected chi connectivity index (χ4v) is 0.814. The van der Waals surface area contributed by atoms with Crippen LogP contribution in [0.3, 0.4) is 0 Å². The summed E-state index contributed by atoms with van der Waals surface area (Å²) in [4.78, 5) is 0. The van der Waals surface area contributed by atoms with Gasteiger partial charge in [-0.25, -0.2) is 0 Å². The van der Waals surface area contributed by atoms with Crippen molar-refractivity contribution in [1.29, 1.82) is 0 Å². The maximum Gasteiger partial charge on any atom is 0.164 e. The average molecular weight is 132 g/mol. The highest BCUT2D eigenvalue weighted by Crippen LogP contribution is 2.16. The van der Waals surface area contributed by atoms with Crippen molar-refractivity contribution >= 4 is 0 Å². The van der Waals surface area contributed by atoms with Gasteiger partial charge in [0.1, 0.15) is 0 Å². The number of ether oxygens (including phenoxy) is 1. The SMILES string of the molecule is CCCC(O)(CC)OC. The van der Waals surface area contributed by atoms with Gasteiger partial charge in [0.05, 0.1) is 0 Å². The lowest BCUT2D eigenvalue weighted by Gasteiger charge is -2.23. The second-order valence-electron chi connectivity index (χ2n) is 2.25. The van der Waals surface area contributed by atoms with Crippen LogP contribution in [-0.2, 0) is 4.74 Å². The maximum absolute atomic E-state index is 9.41. The topological polar surface area (TPSA) is 29.5 Å². The Hall–Kier alpha value is -0.0800. The number of methoxy groups -OCH3 is 1. The molecule has 0 aromatic rings. The Morgan fingerprint density at radius 3 is 2.11 bits per heavy atom. The molecular formula is C7H16O2. The minimum Gasteiger partial charge on any atom is -0.365 e. The van der Waals surface area contributed by atoms with E-state index in [0.29, 0.717) is 6.42 Å². The molecule has 2 heteroatoms. The third-order valence-corrected chi connectivity index (χ3v) is 1.57. The molecule has 0 aromatic heterocycles. The zero-order valence-corrected chi connectivity index (χ0v) is 6.48. The van der Waals surface area contributed by atoms with E-state index in [1.807, 2.05) is 13.8 Å². The second-order valence-corrected chi connectivity index (χ2v) is 2.25. The van der Waals surface area contributed by atoms with Gasteiger partial charge in [0.25, 0.3) is 0 Å². The lowest BCUT2D eigenvalue weighted by molar-refractivity contribution is -0.191. The van der Waals surface area contributed by atoms with E-state index in [4.69, 9.17) is 4.74 Å². The molecule has 9 heavy (non-hydrogen) atoms. The molecule has 2 nitrogen and oxygen atoms in total. The summed E-state index contributed by atoms with van der Waals surface area (Å²) in [5, 5.41) is 9.41. The minimum absolute atomic E-state index is 0.664. The van der Waals surface area contributed by atoms with Crippen LogP contribution in [0.1, 0.15) is 33.1 Å². The predicted molar refractivity (Wildman–Crippen MR) is 37.2 cm³/mol. The van der Waals surface area contributed by atoms with Crippen LogP contribution in [0.2, 0.25) is 0 Å². The van der Waals surface area contributed by atoms with Gasteiger partial charge in [-0.3, -0.25) is 0 Å². The molecule has 0 saturated carbocycles. The lowest BCUT2D eigenvalue weighted by atomic mass is 10.1. The molecule has 1 atom stereocenters. The summed E-state index contributed by atoms with van der Waals surface area (Å²) in [6.07, 6.45) is 2.34. The van der Waals surface area contributed by atoms with E-state index in [1.54, 1.807) is 7.11 Å². The van der Waals surface area contributed by atoms with Crippen LogP contribution in [-0.4, -0.2) is 18.0 Å². The largest absolute Gasteiger partial charge is 0.365 e. The van der Waals surface area contributed by atoms with E-state index in [0.717, 1.165) is 12.8 Å². The molecule has 0 spiro atoms. The van der Waals surface area contributed by atoms with Gasteiger partial charge >= 0.3 is 0 Å². The molecule has 0 amide bonds. The van der Waals surface area contributed by atoms with Gasteiger partial charge in [-0.2, -0.15) is 0 Å². The van der Waals surface area contributed by atoms with E-state index in [2.05, 4.69) is 0 Å². The van der Waals surface area contributed by atoms with Crippen LogP contribution in [0.15, 0.2) is 0 Å². The third kappa shape index (κ3) is 2.82. The van der Waals surface area contributed by atoms with Crippen molar-refractivity contribution in [2.45, 2.75) is 38.9 Å². The van der Waals surface area contributed by atoms with Crippen LogP contribution in [0.4, 0.5) is 0 Å². The first-order valence-corrected chi connectivity index (χ1v) is 3.46. The summed E-state index contributed by atoms with van der Waals surface area (Å²) in [6, 6.07) is 0. The molecule has 0 heterocycles. The molecule has 0 bridgehead atoms. The van der Waals surface area contributed by atoms with E-state index < -0.39 is 5.79 Å². The molecule has 0 saturated heterocycles. The van der Waals surface area contributed by atoms with Gasteiger partial charge in [0, 0.05) is 13.5 Å². The number of rotatable bonds is 4. The predicted octanol–water partition coefficient (Wildman–Crippen LogP) is 1.53. The normalized spacial score (nSPS) is 17.3. The Bertz CT molecular complexity index is 67.3. The van der Waals surface area contributed by atoms with Gasteiger partial charge in [-0.15, -0.1) is 0 Å². The summed E-state index contributed by atoms with van der Waals surface area (Å²) in [7, 11) is 1.54. The highest BCUT2D eigenvalue weighted by atomic mass is 16.6. The average Bonchev–Trinajstić information content (AvgIpc) is 1.89. The number of aliphatic hydroxyl groups is 1. The van der Waals surface area contributed by atoms with E-state index in [9.17, 15) is 5.11 Å². The molecule has 0 radical (unpaired) electrons. The van der Waals surface area contributed by atoms with E-state index in [-0.39, 0.29) is 0 Å². The Kier molecular flexibility index (Phi) is 3.82. The van der Waals surface area contributed by atoms with Crippen molar-refractivity contribution in [3.8, 4) is 0 Å². The maximum atomic E-state index is 9.41. The molecule has 0 aromatic carbocycles. The fraction of sp³-hybridized carbons (Fsp3) is 1.00. The van der Waals surface area contributed by atoms with Crippen LogP contribution in [0, 0.1) is 0 Å². The summed E-state index contributed by atoms with van der Waals surface area (Å²) in [5.74, 6) is -0.866. The summed E-state index contributed by atoms with van der Waals surface area (Å²) < 4.78 is 4.88. The quantitative estimate of drug-likeness (QED) is 0.588. The standard InChI is InChI=1S/C7H16O2/c1-4-6-7(8,5-2)9-3/h8H,4-6H2,1-3H3. The molecule has 0 fully saturated rings. The molecule has 0 rings (SSSR count). The monoisotopic (exact) mass is 132 g/mol. The molecule has 1 unspecified atom stereocenters. The highest BCUT2D eigenvalue weighted by molar-refractivity contribution is 4.61. The van der Waals surface area contributed by atoms with Crippen LogP contribution in [0.25, 0.3) is 0 Å². The van der Waals surface area contributed by atoms with Crippen molar-refractivity contribution in [3.05, 3.63) is 0 Å². The van der Waals surface area contributed by atoms with Gasteiger partial charge in [-0.1, -0.05) is 20.3 Å². The minimum atomic E-state index is -0.866. The number of hydrogen-bond acceptors (Lipinski definition) is 2. The Morgan fingerprint density at radius 2 is 2.00 bits per heavy atom. The molecule has 56 valence electrons. The lowest BCUT2D eigenvalue weighted by Crippen LogP contribution is -2.29. The molecule has 0 aliphatic heterocycles. The second kappa shape index (κ2) is 3.85. The van der Waals surface area contributed by atoms with Crippen LogP contribution in [0.5, 0.6) is 0 Å². The van der Waals surface area contributed by atoms with Crippen molar-refractivity contribution in [2.24, 2.45) is 0 Å². The first-order chi connectivity index (χ1) is 4.18. The van der Waals surface area contributed by atoms with Gasteiger partial charge in [-0.05, 0) is 6.42 Å². The van der Waals surface area contributed by atoms with Crippen molar-refractivity contribution in [2.75, 3.05) is 7.11 Å².